The predicted molar refractivity (Wildman–Crippen MR) is 106 cm³/mol. The van der Waals surface area contributed by atoms with Gasteiger partial charge in [-0.05, 0) is 24.6 Å². The molecule has 2 rings (SSSR count). The number of aryl methyl sites for hydroxylation is 2. The van der Waals surface area contributed by atoms with Gasteiger partial charge in [-0.15, -0.1) is 24.0 Å². The van der Waals surface area contributed by atoms with Crippen LogP contribution in [0.1, 0.15) is 16.7 Å². The van der Waals surface area contributed by atoms with Crippen LogP contribution in [0.5, 0.6) is 5.75 Å². The molecule has 1 aromatic heterocycles. The van der Waals surface area contributed by atoms with Gasteiger partial charge in [0.25, 0.3) is 0 Å². The van der Waals surface area contributed by atoms with E-state index in [1.807, 2.05) is 43.1 Å². The minimum Gasteiger partial charge on any atom is -0.434 e. The molecule has 138 valence electrons. The summed E-state index contributed by atoms with van der Waals surface area (Å²) in [4.78, 5) is 4.14. The van der Waals surface area contributed by atoms with Crippen LogP contribution < -0.4 is 15.4 Å². The summed E-state index contributed by atoms with van der Waals surface area (Å²) < 4.78 is 31.5. The van der Waals surface area contributed by atoms with Gasteiger partial charge in [0, 0.05) is 45.1 Å². The molecule has 0 atom stereocenters. The van der Waals surface area contributed by atoms with Gasteiger partial charge in [-0.3, -0.25) is 4.99 Å². The highest BCUT2D eigenvalue weighted by atomic mass is 127. The molecular formula is C17H23F2IN4O. The van der Waals surface area contributed by atoms with Crippen molar-refractivity contribution in [1.29, 1.82) is 0 Å². The Balaban J connectivity index is 0.00000312. The number of alkyl halides is 2. The van der Waals surface area contributed by atoms with Crippen molar-refractivity contribution < 1.29 is 13.5 Å². The van der Waals surface area contributed by atoms with Crippen LogP contribution in [-0.2, 0) is 20.1 Å². The number of halogens is 3. The normalized spacial score (nSPS) is 11.2. The van der Waals surface area contributed by atoms with E-state index in [0.717, 1.165) is 11.1 Å². The first-order valence-corrected chi connectivity index (χ1v) is 7.57. The van der Waals surface area contributed by atoms with E-state index < -0.39 is 6.61 Å². The van der Waals surface area contributed by atoms with Gasteiger partial charge in [0.2, 0.25) is 0 Å². The largest absolute Gasteiger partial charge is 0.434 e. The molecule has 0 saturated carbocycles. The van der Waals surface area contributed by atoms with Crippen molar-refractivity contribution in [3.05, 3.63) is 53.3 Å². The number of benzene rings is 1. The van der Waals surface area contributed by atoms with Crippen LogP contribution in [0.25, 0.3) is 0 Å². The van der Waals surface area contributed by atoms with Gasteiger partial charge in [-0.25, -0.2) is 0 Å². The Hall–Kier alpha value is -1.84. The first-order valence-electron chi connectivity index (χ1n) is 7.57. The number of hydrogen-bond donors (Lipinski definition) is 2. The number of guanidine groups is 1. The zero-order valence-electron chi connectivity index (χ0n) is 14.4. The van der Waals surface area contributed by atoms with Gasteiger partial charge < -0.3 is 19.9 Å². The van der Waals surface area contributed by atoms with E-state index in [0.29, 0.717) is 24.6 Å². The van der Waals surface area contributed by atoms with Crippen molar-refractivity contribution in [3.63, 3.8) is 0 Å². The number of ether oxygens (including phenoxy) is 1. The second-order valence-electron chi connectivity index (χ2n) is 5.45. The Labute approximate surface area is 163 Å². The van der Waals surface area contributed by atoms with Crippen LogP contribution in [0.3, 0.4) is 0 Å². The lowest BCUT2D eigenvalue weighted by atomic mass is 10.1. The summed E-state index contributed by atoms with van der Waals surface area (Å²) in [6.07, 6.45) is 3.98. The molecule has 2 N–H and O–H groups in total. The van der Waals surface area contributed by atoms with Crippen LogP contribution in [0.4, 0.5) is 8.78 Å². The summed E-state index contributed by atoms with van der Waals surface area (Å²) in [5.74, 6) is 0.755. The standard InChI is InChI=1S/C17H22F2N4O.HI/c1-12-4-5-15(24-16(18)19)14(8-12)10-22-17(20-2)21-9-13-6-7-23(3)11-13;/h4-8,11,16H,9-10H2,1-3H3,(H2,20,21,22);1H. The zero-order chi connectivity index (χ0) is 17.5. The van der Waals surface area contributed by atoms with Gasteiger partial charge in [0.15, 0.2) is 5.96 Å². The molecule has 0 aliphatic rings. The molecule has 1 heterocycles. The molecule has 8 heteroatoms. The summed E-state index contributed by atoms with van der Waals surface area (Å²) in [7, 11) is 3.62. The Morgan fingerprint density at radius 2 is 1.96 bits per heavy atom. The highest BCUT2D eigenvalue weighted by Gasteiger charge is 2.10. The monoisotopic (exact) mass is 464 g/mol. The topological polar surface area (TPSA) is 50.6 Å². The summed E-state index contributed by atoms with van der Waals surface area (Å²) in [6, 6.07) is 7.12. The smallest absolute Gasteiger partial charge is 0.387 e. The van der Waals surface area contributed by atoms with E-state index in [4.69, 9.17) is 0 Å². The number of aliphatic imine (C=N–C) groups is 1. The third kappa shape index (κ3) is 6.89. The van der Waals surface area contributed by atoms with Crippen LogP contribution in [0, 0.1) is 6.92 Å². The molecule has 2 aromatic rings. The fourth-order valence-corrected chi connectivity index (χ4v) is 2.31. The Morgan fingerprint density at radius 3 is 2.56 bits per heavy atom. The van der Waals surface area contributed by atoms with Gasteiger partial charge >= 0.3 is 6.61 Å². The Morgan fingerprint density at radius 1 is 1.24 bits per heavy atom. The average Bonchev–Trinajstić information content (AvgIpc) is 2.95. The molecule has 0 unspecified atom stereocenters. The maximum Gasteiger partial charge on any atom is 0.387 e. The highest BCUT2D eigenvalue weighted by Crippen LogP contribution is 2.21. The first-order chi connectivity index (χ1) is 11.5. The summed E-state index contributed by atoms with van der Waals surface area (Å²) in [6.45, 7) is 0.00684. The third-order valence-electron chi connectivity index (χ3n) is 3.46. The molecule has 0 bridgehead atoms. The fraction of sp³-hybridized carbons (Fsp3) is 0.353. The number of hydrogen-bond acceptors (Lipinski definition) is 2. The van der Waals surface area contributed by atoms with Crippen LogP contribution in [0.15, 0.2) is 41.7 Å². The molecule has 0 aliphatic heterocycles. The minimum absolute atomic E-state index is 0. The van der Waals surface area contributed by atoms with E-state index >= 15 is 0 Å². The van der Waals surface area contributed by atoms with Crippen molar-refractivity contribution in [2.45, 2.75) is 26.6 Å². The van der Waals surface area contributed by atoms with Crippen LogP contribution in [0.2, 0.25) is 0 Å². The van der Waals surface area contributed by atoms with Crippen LogP contribution in [-0.4, -0.2) is 24.2 Å². The average molecular weight is 464 g/mol. The molecule has 0 spiro atoms. The lowest BCUT2D eigenvalue weighted by molar-refractivity contribution is -0.0504. The molecule has 5 nitrogen and oxygen atoms in total. The van der Waals surface area contributed by atoms with Gasteiger partial charge in [-0.1, -0.05) is 17.7 Å². The maximum atomic E-state index is 12.5. The number of nitrogens with one attached hydrogen (secondary N) is 2. The molecule has 1 aromatic carbocycles. The summed E-state index contributed by atoms with van der Waals surface area (Å²) >= 11 is 0. The first kappa shape index (κ1) is 21.2. The SMILES string of the molecule is CN=C(NCc1ccn(C)c1)NCc1cc(C)ccc1OC(F)F.I. The predicted octanol–water partition coefficient (Wildman–Crippen LogP) is 3.42. The quantitative estimate of drug-likeness (QED) is 0.392. The zero-order valence-corrected chi connectivity index (χ0v) is 16.8. The van der Waals surface area contributed by atoms with Gasteiger partial charge in [0.05, 0.1) is 0 Å². The van der Waals surface area contributed by atoms with Crippen molar-refractivity contribution in [2.24, 2.45) is 12.0 Å². The lowest BCUT2D eigenvalue weighted by Crippen LogP contribution is -2.36. The van der Waals surface area contributed by atoms with Crippen molar-refractivity contribution in [2.75, 3.05) is 7.05 Å². The van der Waals surface area contributed by atoms with E-state index in [1.54, 1.807) is 19.2 Å². The second kappa shape index (κ2) is 10.2. The van der Waals surface area contributed by atoms with E-state index in [1.165, 1.54) is 0 Å². The molecule has 0 fully saturated rings. The highest BCUT2D eigenvalue weighted by molar-refractivity contribution is 14.0. The number of aromatic nitrogens is 1. The molecule has 0 amide bonds. The molecule has 0 saturated heterocycles. The van der Waals surface area contributed by atoms with Crippen LogP contribution >= 0.6 is 24.0 Å². The summed E-state index contributed by atoms with van der Waals surface area (Å²) in [5.41, 5.74) is 2.75. The van der Waals surface area contributed by atoms with Gasteiger partial charge in [-0.2, -0.15) is 8.78 Å². The third-order valence-corrected chi connectivity index (χ3v) is 3.46. The number of rotatable bonds is 6. The molecular weight excluding hydrogens is 441 g/mol. The minimum atomic E-state index is -2.85. The van der Waals surface area contributed by atoms with E-state index in [2.05, 4.69) is 20.4 Å². The van der Waals surface area contributed by atoms with Crippen molar-refractivity contribution >= 4 is 29.9 Å². The molecule has 25 heavy (non-hydrogen) atoms. The molecule has 0 radical (unpaired) electrons. The van der Waals surface area contributed by atoms with Gasteiger partial charge in [0.1, 0.15) is 5.75 Å². The maximum absolute atomic E-state index is 12.5. The van der Waals surface area contributed by atoms with Crippen molar-refractivity contribution in [3.8, 4) is 5.75 Å². The van der Waals surface area contributed by atoms with E-state index in [9.17, 15) is 8.78 Å². The molecule has 0 aliphatic carbocycles. The number of nitrogens with zero attached hydrogens (tertiary/aromatic N) is 2. The second-order valence-corrected chi connectivity index (χ2v) is 5.45. The van der Waals surface area contributed by atoms with Crippen molar-refractivity contribution in [1.82, 2.24) is 15.2 Å². The Kier molecular flexibility index (Phi) is 8.67. The lowest BCUT2D eigenvalue weighted by Gasteiger charge is -2.15. The fourth-order valence-electron chi connectivity index (χ4n) is 2.31. The van der Waals surface area contributed by atoms with E-state index in [-0.39, 0.29) is 29.7 Å². The Bertz CT molecular complexity index is 704. The summed E-state index contributed by atoms with van der Waals surface area (Å²) in [5, 5.41) is 6.29.